The van der Waals surface area contributed by atoms with E-state index in [1.54, 1.807) is 0 Å². The van der Waals surface area contributed by atoms with E-state index in [9.17, 15) is 5.11 Å². The molecule has 0 aromatic rings. The molecule has 2 N–H and O–H groups in total. The Bertz CT molecular complexity index is 128. The molecule has 0 radical (unpaired) electrons. The normalized spacial score (nSPS) is 45.8. The van der Waals surface area contributed by atoms with E-state index >= 15 is 0 Å². The Morgan fingerprint density at radius 3 is 2.64 bits per heavy atom. The van der Waals surface area contributed by atoms with Crippen LogP contribution < -0.4 is 0 Å². The van der Waals surface area contributed by atoms with Crippen LogP contribution in [0.25, 0.3) is 0 Å². The Morgan fingerprint density at radius 2 is 2.09 bits per heavy atom. The fourth-order valence-electron chi connectivity index (χ4n) is 1.26. The van der Waals surface area contributed by atoms with Crippen LogP contribution in [0.2, 0.25) is 0 Å². The number of methoxy groups -OCH3 is 1. The topological polar surface area (TPSA) is 58.9 Å². The largest absolute Gasteiger partial charge is 0.385 e. The van der Waals surface area contributed by atoms with Gasteiger partial charge in [0.05, 0.1) is 12.2 Å². The monoisotopic (exact) mass is 162 g/mol. The van der Waals surface area contributed by atoms with Crippen molar-refractivity contribution in [1.29, 1.82) is 0 Å². The maximum Gasteiger partial charge on any atom is 0.183 e. The summed E-state index contributed by atoms with van der Waals surface area (Å²) in [5.74, 6) is 0. The predicted molar refractivity (Wildman–Crippen MR) is 38.0 cm³/mol. The van der Waals surface area contributed by atoms with Crippen LogP contribution in [0.3, 0.4) is 0 Å². The van der Waals surface area contributed by atoms with E-state index < -0.39 is 12.4 Å². The molecule has 1 aliphatic heterocycles. The molecule has 0 amide bonds. The fourth-order valence-corrected chi connectivity index (χ4v) is 1.26. The molecule has 1 saturated heterocycles. The third kappa shape index (κ3) is 1.90. The van der Waals surface area contributed by atoms with E-state index in [2.05, 4.69) is 0 Å². The van der Waals surface area contributed by atoms with Crippen LogP contribution >= 0.6 is 0 Å². The van der Waals surface area contributed by atoms with Gasteiger partial charge in [0.1, 0.15) is 6.10 Å². The van der Waals surface area contributed by atoms with Crippen molar-refractivity contribution in [3.8, 4) is 0 Å². The minimum Gasteiger partial charge on any atom is -0.385 e. The highest BCUT2D eigenvalue weighted by Crippen LogP contribution is 2.20. The summed E-state index contributed by atoms with van der Waals surface area (Å²) in [5, 5.41) is 18.4. The first-order chi connectivity index (χ1) is 5.15. The molecular weight excluding hydrogens is 148 g/mol. The lowest BCUT2D eigenvalue weighted by Crippen LogP contribution is -2.48. The standard InChI is InChI=1S/C7H14O4/c1-4-3-5(10-2)6(8)7(9)11-4/h4-9H,3H2,1-2H3/t4-,5-,6+,7?/m1/s1. The summed E-state index contributed by atoms with van der Waals surface area (Å²) in [6.45, 7) is 1.83. The first-order valence-corrected chi connectivity index (χ1v) is 3.69. The molecule has 4 nitrogen and oxygen atoms in total. The molecule has 0 spiro atoms. The van der Waals surface area contributed by atoms with Crippen LogP contribution in [0.1, 0.15) is 13.3 Å². The Labute approximate surface area is 65.7 Å². The van der Waals surface area contributed by atoms with E-state index in [0.717, 1.165) is 0 Å². The molecule has 1 unspecified atom stereocenters. The summed E-state index contributed by atoms with van der Waals surface area (Å²) in [4.78, 5) is 0. The average Bonchev–Trinajstić information content (AvgIpc) is 1.96. The summed E-state index contributed by atoms with van der Waals surface area (Å²) >= 11 is 0. The van der Waals surface area contributed by atoms with E-state index in [0.29, 0.717) is 6.42 Å². The van der Waals surface area contributed by atoms with Gasteiger partial charge in [-0.2, -0.15) is 0 Å². The SMILES string of the molecule is CO[C@@H]1C[C@@H](C)OC(O)[C@H]1O. The van der Waals surface area contributed by atoms with Crippen LogP contribution in [0.5, 0.6) is 0 Å². The minimum absolute atomic E-state index is 0.0571. The van der Waals surface area contributed by atoms with Crippen molar-refractivity contribution >= 4 is 0 Å². The van der Waals surface area contributed by atoms with Crippen molar-refractivity contribution in [3.63, 3.8) is 0 Å². The van der Waals surface area contributed by atoms with Gasteiger partial charge in [0.25, 0.3) is 0 Å². The molecule has 1 rings (SSSR count). The van der Waals surface area contributed by atoms with Crippen molar-refractivity contribution in [2.24, 2.45) is 0 Å². The van der Waals surface area contributed by atoms with Gasteiger partial charge in [-0.05, 0) is 6.92 Å². The molecule has 1 heterocycles. The maximum absolute atomic E-state index is 9.26. The molecule has 1 aliphatic rings. The molecule has 0 bridgehead atoms. The molecule has 0 aromatic carbocycles. The number of aliphatic hydroxyl groups is 2. The van der Waals surface area contributed by atoms with Crippen molar-refractivity contribution in [3.05, 3.63) is 0 Å². The number of ether oxygens (including phenoxy) is 2. The van der Waals surface area contributed by atoms with E-state index in [4.69, 9.17) is 14.6 Å². The lowest BCUT2D eigenvalue weighted by atomic mass is 10.0. The zero-order valence-corrected chi connectivity index (χ0v) is 6.73. The third-order valence-electron chi connectivity index (χ3n) is 1.91. The number of rotatable bonds is 1. The third-order valence-corrected chi connectivity index (χ3v) is 1.91. The molecular formula is C7H14O4. The molecule has 1 fully saturated rings. The fraction of sp³-hybridized carbons (Fsp3) is 1.00. The quantitative estimate of drug-likeness (QED) is 0.545. The van der Waals surface area contributed by atoms with Gasteiger partial charge in [0, 0.05) is 13.5 Å². The van der Waals surface area contributed by atoms with Gasteiger partial charge in [-0.15, -0.1) is 0 Å². The van der Waals surface area contributed by atoms with Gasteiger partial charge in [0.15, 0.2) is 6.29 Å². The molecule has 4 heteroatoms. The molecule has 11 heavy (non-hydrogen) atoms. The second-order valence-corrected chi connectivity index (χ2v) is 2.84. The van der Waals surface area contributed by atoms with Gasteiger partial charge in [-0.25, -0.2) is 0 Å². The Kier molecular flexibility index (Phi) is 2.84. The molecule has 0 aliphatic carbocycles. The molecule has 0 saturated carbocycles. The lowest BCUT2D eigenvalue weighted by molar-refractivity contribution is -0.247. The molecule has 66 valence electrons. The predicted octanol–water partition coefficient (Wildman–Crippen LogP) is -0.510. The van der Waals surface area contributed by atoms with E-state index in [1.165, 1.54) is 7.11 Å². The summed E-state index contributed by atoms with van der Waals surface area (Å²) in [5.41, 5.74) is 0. The second-order valence-electron chi connectivity index (χ2n) is 2.84. The molecule has 0 aromatic heterocycles. The number of hydrogen-bond donors (Lipinski definition) is 2. The second kappa shape index (κ2) is 3.49. The van der Waals surface area contributed by atoms with Crippen LogP contribution in [-0.2, 0) is 9.47 Å². The van der Waals surface area contributed by atoms with Gasteiger partial charge < -0.3 is 19.7 Å². The Balaban J connectivity index is 2.51. The van der Waals surface area contributed by atoms with Gasteiger partial charge in [0.2, 0.25) is 0 Å². The smallest absolute Gasteiger partial charge is 0.183 e. The van der Waals surface area contributed by atoms with Crippen LogP contribution in [0.15, 0.2) is 0 Å². The highest BCUT2D eigenvalue weighted by molar-refractivity contribution is 4.79. The highest BCUT2D eigenvalue weighted by Gasteiger charge is 2.34. The number of aliphatic hydroxyl groups excluding tert-OH is 2. The summed E-state index contributed by atoms with van der Waals surface area (Å²) < 4.78 is 9.91. The van der Waals surface area contributed by atoms with Crippen molar-refractivity contribution in [2.75, 3.05) is 7.11 Å². The van der Waals surface area contributed by atoms with Gasteiger partial charge >= 0.3 is 0 Å². The Hall–Kier alpha value is -0.160. The summed E-state index contributed by atoms with van der Waals surface area (Å²) in [6.07, 6.45) is -1.78. The van der Waals surface area contributed by atoms with Crippen molar-refractivity contribution in [1.82, 2.24) is 0 Å². The van der Waals surface area contributed by atoms with Crippen molar-refractivity contribution < 1.29 is 19.7 Å². The molecule has 4 atom stereocenters. The van der Waals surface area contributed by atoms with E-state index in [1.807, 2.05) is 6.92 Å². The number of hydrogen-bond acceptors (Lipinski definition) is 4. The van der Waals surface area contributed by atoms with Crippen molar-refractivity contribution in [2.45, 2.75) is 37.9 Å². The average molecular weight is 162 g/mol. The van der Waals surface area contributed by atoms with Crippen LogP contribution in [0.4, 0.5) is 0 Å². The van der Waals surface area contributed by atoms with Gasteiger partial charge in [-0.3, -0.25) is 0 Å². The highest BCUT2D eigenvalue weighted by atomic mass is 16.6. The minimum atomic E-state index is -1.11. The summed E-state index contributed by atoms with van der Waals surface area (Å²) in [6, 6.07) is 0. The maximum atomic E-state index is 9.26. The van der Waals surface area contributed by atoms with Crippen LogP contribution in [0, 0.1) is 0 Å². The summed E-state index contributed by atoms with van der Waals surface area (Å²) in [7, 11) is 1.51. The van der Waals surface area contributed by atoms with Gasteiger partial charge in [-0.1, -0.05) is 0 Å². The zero-order chi connectivity index (χ0) is 8.43. The lowest BCUT2D eigenvalue weighted by Gasteiger charge is -2.34. The zero-order valence-electron chi connectivity index (χ0n) is 6.73. The first-order valence-electron chi connectivity index (χ1n) is 3.69. The Morgan fingerprint density at radius 1 is 1.45 bits per heavy atom. The first kappa shape index (κ1) is 8.93. The van der Waals surface area contributed by atoms with Crippen LogP contribution in [-0.4, -0.2) is 41.9 Å². The van der Waals surface area contributed by atoms with E-state index in [-0.39, 0.29) is 12.2 Å².